The molecular formula is C17H28FIN4O. The predicted octanol–water partition coefficient (Wildman–Crippen LogP) is 2.66. The maximum atomic E-state index is 13.6. The molecule has 0 spiro atoms. The third kappa shape index (κ3) is 8.47. The van der Waals surface area contributed by atoms with Crippen LogP contribution in [-0.2, 0) is 11.3 Å². The molecule has 0 heterocycles. The molecule has 1 rings (SSSR count). The molecule has 1 aromatic carbocycles. The predicted molar refractivity (Wildman–Crippen MR) is 107 cm³/mol. The first kappa shape index (κ1) is 22.6. The standard InChI is InChI=1S/C17H27FN4O.HI/c1-5-19-16(21-11-10-20-15(23)17(2,3)4)22-12-13-8-6-7-9-14(13)18;/h6-9H,5,10-12H2,1-4H3,(H,20,23)(H2,19,21,22);1H. The molecule has 0 aliphatic rings. The number of aliphatic imine (C=N–C) groups is 1. The van der Waals surface area contributed by atoms with Crippen molar-refractivity contribution in [2.75, 3.05) is 19.6 Å². The zero-order valence-electron chi connectivity index (χ0n) is 14.8. The molecule has 0 bridgehead atoms. The number of carbonyl (C=O) groups is 1. The Hall–Kier alpha value is -1.38. The number of hydrogen-bond acceptors (Lipinski definition) is 2. The van der Waals surface area contributed by atoms with Gasteiger partial charge in [0.15, 0.2) is 5.96 Å². The number of rotatable bonds is 6. The van der Waals surface area contributed by atoms with Crippen LogP contribution in [0.2, 0.25) is 0 Å². The number of nitrogens with one attached hydrogen (secondary N) is 3. The van der Waals surface area contributed by atoms with Crippen molar-refractivity contribution in [2.24, 2.45) is 10.4 Å². The Morgan fingerprint density at radius 2 is 1.75 bits per heavy atom. The lowest BCUT2D eigenvalue weighted by molar-refractivity contribution is -0.128. The van der Waals surface area contributed by atoms with Gasteiger partial charge < -0.3 is 16.0 Å². The summed E-state index contributed by atoms with van der Waals surface area (Å²) in [6.07, 6.45) is 0. The van der Waals surface area contributed by atoms with Crippen molar-refractivity contribution in [3.05, 3.63) is 35.6 Å². The quantitative estimate of drug-likeness (QED) is 0.270. The lowest BCUT2D eigenvalue weighted by Gasteiger charge is -2.18. The van der Waals surface area contributed by atoms with E-state index in [4.69, 9.17) is 0 Å². The molecule has 1 aromatic rings. The molecule has 0 saturated heterocycles. The van der Waals surface area contributed by atoms with E-state index in [1.54, 1.807) is 18.2 Å². The smallest absolute Gasteiger partial charge is 0.225 e. The first-order valence-corrected chi connectivity index (χ1v) is 7.88. The van der Waals surface area contributed by atoms with Gasteiger partial charge in [0.2, 0.25) is 5.91 Å². The molecule has 0 aromatic heterocycles. The number of hydrogen-bond donors (Lipinski definition) is 3. The second kappa shape index (κ2) is 11.2. The van der Waals surface area contributed by atoms with E-state index in [0.29, 0.717) is 31.2 Å². The summed E-state index contributed by atoms with van der Waals surface area (Å²) in [5.41, 5.74) is 0.148. The van der Waals surface area contributed by atoms with Gasteiger partial charge in [0, 0.05) is 30.6 Å². The van der Waals surface area contributed by atoms with Crippen molar-refractivity contribution in [2.45, 2.75) is 34.2 Å². The molecule has 7 heteroatoms. The van der Waals surface area contributed by atoms with Crippen molar-refractivity contribution in [1.82, 2.24) is 16.0 Å². The second-order valence-electron chi connectivity index (χ2n) is 6.22. The van der Waals surface area contributed by atoms with Gasteiger partial charge in [0.05, 0.1) is 6.54 Å². The topological polar surface area (TPSA) is 65.5 Å². The third-order valence-electron chi connectivity index (χ3n) is 3.09. The minimum absolute atomic E-state index is 0. The van der Waals surface area contributed by atoms with Gasteiger partial charge in [-0.25, -0.2) is 9.38 Å². The normalized spacial score (nSPS) is 11.5. The van der Waals surface area contributed by atoms with Gasteiger partial charge >= 0.3 is 0 Å². The Morgan fingerprint density at radius 1 is 1.12 bits per heavy atom. The van der Waals surface area contributed by atoms with Crippen LogP contribution in [-0.4, -0.2) is 31.5 Å². The van der Waals surface area contributed by atoms with E-state index in [1.807, 2.05) is 27.7 Å². The Morgan fingerprint density at radius 3 is 2.33 bits per heavy atom. The lowest BCUT2D eigenvalue weighted by Crippen LogP contribution is -2.43. The van der Waals surface area contributed by atoms with Crippen molar-refractivity contribution in [3.63, 3.8) is 0 Å². The molecule has 0 atom stereocenters. The van der Waals surface area contributed by atoms with Crippen LogP contribution >= 0.6 is 24.0 Å². The van der Waals surface area contributed by atoms with E-state index < -0.39 is 5.41 Å². The maximum absolute atomic E-state index is 13.6. The fourth-order valence-corrected chi connectivity index (χ4v) is 1.75. The molecule has 1 amide bonds. The minimum Gasteiger partial charge on any atom is -0.357 e. The summed E-state index contributed by atoms with van der Waals surface area (Å²) >= 11 is 0. The zero-order valence-corrected chi connectivity index (χ0v) is 17.1. The van der Waals surface area contributed by atoms with Crippen LogP contribution in [0.15, 0.2) is 29.3 Å². The number of benzene rings is 1. The van der Waals surface area contributed by atoms with Gasteiger partial charge in [0.25, 0.3) is 0 Å². The second-order valence-corrected chi connectivity index (χ2v) is 6.22. The molecule has 5 nitrogen and oxygen atoms in total. The number of nitrogens with zero attached hydrogens (tertiary/aromatic N) is 1. The Kier molecular flexibility index (Phi) is 10.6. The Bertz CT molecular complexity index is 544. The van der Waals surface area contributed by atoms with Gasteiger partial charge in [-0.1, -0.05) is 39.0 Å². The summed E-state index contributed by atoms with van der Waals surface area (Å²) in [4.78, 5) is 16.1. The van der Waals surface area contributed by atoms with E-state index in [2.05, 4.69) is 20.9 Å². The van der Waals surface area contributed by atoms with Crippen LogP contribution < -0.4 is 16.0 Å². The monoisotopic (exact) mass is 450 g/mol. The first-order chi connectivity index (χ1) is 10.8. The number of carbonyl (C=O) groups excluding carboxylic acids is 1. The number of guanidine groups is 1. The average molecular weight is 450 g/mol. The lowest BCUT2D eigenvalue weighted by atomic mass is 9.96. The highest BCUT2D eigenvalue weighted by atomic mass is 127. The first-order valence-electron chi connectivity index (χ1n) is 7.88. The van der Waals surface area contributed by atoms with Gasteiger partial charge in [-0.2, -0.15) is 0 Å². The molecule has 24 heavy (non-hydrogen) atoms. The summed E-state index contributed by atoms with van der Waals surface area (Å²) in [5.74, 6) is 0.345. The molecule has 0 aliphatic carbocycles. The van der Waals surface area contributed by atoms with Crippen LogP contribution in [0.25, 0.3) is 0 Å². The minimum atomic E-state index is -0.399. The van der Waals surface area contributed by atoms with Gasteiger partial charge in [-0.3, -0.25) is 4.79 Å². The van der Waals surface area contributed by atoms with Crippen LogP contribution in [0.1, 0.15) is 33.3 Å². The largest absolute Gasteiger partial charge is 0.357 e. The summed E-state index contributed by atoms with van der Waals surface area (Å²) in [5, 5.41) is 9.07. The zero-order chi connectivity index (χ0) is 17.3. The Balaban J connectivity index is 0.00000529. The molecular weight excluding hydrogens is 422 g/mol. The van der Waals surface area contributed by atoms with Gasteiger partial charge in [-0.15, -0.1) is 24.0 Å². The highest BCUT2D eigenvalue weighted by Crippen LogP contribution is 2.11. The average Bonchev–Trinajstić information content (AvgIpc) is 2.49. The van der Waals surface area contributed by atoms with Crippen molar-refractivity contribution in [1.29, 1.82) is 0 Å². The molecule has 0 unspecified atom stereocenters. The fourth-order valence-electron chi connectivity index (χ4n) is 1.75. The summed E-state index contributed by atoms with van der Waals surface area (Å²) < 4.78 is 13.6. The van der Waals surface area contributed by atoms with Crippen LogP contribution in [0.3, 0.4) is 0 Å². The fraction of sp³-hybridized carbons (Fsp3) is 0.529. The number of amides is 1. The van der Waals surface area contributed by atoms with E-state index in [-0.39, 0.29) is 42.2 Å². The highest BCUT2D eigenvalue weighted by Gasteiger charge is 2.20. The summed E-state index contributed by atoms with van der Waals surface area (Å²) in [6.45, 7) is 9.59. The molecule has 0 saturated carbocycles. The third-order valence-corrected chi connectivity index (χ3v) is 3.09. The SMILES string of the molecule is CCNC(=NCc1ccccc1F)NCCNC(=O)C(C)(C)C.I. The Labute approximate surface area is 160 Å². The summed E-state index contributed by atoms with van der Waals surface area (Å²) in [7, 11) is 0. The van der Waals surface area contributed by atoms with Crippen molar-refractivity contribution < 1.29 is 9.18 Å². The van der Waals surface area contributed by atoms with Crippen molar-refractivity contribution in [3.8, 4) is 0 Å². The van der Waals surface area contributed by atoms with Crippen LogP contribution in [0.5, 0.6) is 0 Å². The van der Waals surface area contributed by atoms with Gasteiger partial charge in [0.1, 0.15) is 5.82 Å². The molecule has 0 aliphatic heterocycles. The summed E-state index contributed by atoms with van der Waals surface area (Å²) in [6, 6.07) is 6.58. The van der Waals surface area contributed by atoms with E-state index in [0.717, 1.165) is 0 Å². The highest BCUT2D eigenvalue weighted by molar-refractivity contribution is 14.0. The van der Waals surface area contributed by atoms with E-state index >= 15 is 0 Å². The maximum Gasteiger partial charge on any atom is 0.225 e. The van der Waals surface area contributed by atoms with Crippen molar-refractivity contribution >= 4 is 35.8 Å². The van der Waals surface area contributed by atoms with Gasteiger partial charge in [-0.05, 0) is 13.0 Å². The van der Waals surface area contributed by atoms with Crippen LogP contribution in [0, 0.1) is 11.2 Å². The molecule has 3 N–H and O–H groups in total. The van der Waals surface area contributed by atoms with Crippen LogP contribution in [0.4, 0.5) is 4.39 Å². The van der Waals surface area contributed by atoms with E-state index in [9.17, 15) is 9.18 Å². The molecule has 136 valence electrons. The number of halogens is 2. The molecule has 0 fully saturated rings. The molecule has 0 radical (unpaired) electrons. The van der Waals surface area contributed by atoms with E-state index in [1.165, 1.54) is 6.07 Å².